The standard InChI is InChI=1S/C7H16N2O2/c1-8-5-3-4-6(9-2)7(10)11/h6,8-9H,3-5H2,1-2H3,(H,10,11)/t6-/m1/s1. The van der Waals surface area contributed by atoms with Gasteiger partial charge in [0.1, 0.15) is 6.04 Å². The zero-order chi connectivity index (χ0) is 8.69. The van der Waals surface area contributed by atoms with Gasteiger partial charge < -0.3 is 15.7 Å². The summed E-state index contributed by atoms with van der Waals surface area (Å²) in [6.45, 7) is 0.867. The van der Waals surface area contributed by atoms with Crippen LogP contribution in [-0.4, -0.2) is 37.8 Å². The Kier molecular flexibility index (Phi) is 5.78. The number of rotatable bonds is 6. The molecule has 1 atom stereocenters. The van der Waals surface area contributed by atoms with E-state index in [0.29, 0.717) is 6.42 Å². The number of carboxylic acids is 1. The second-order valence-electron chi connectivity index (χ2n) is 2.43. The van der Waals surface area contributed by atoms with Crippen LogP contribution in [0, 0.1) is 0 Å². The molecule has 0 aliphatic heterocycles. The summed E-state index contributed by atoms with van der Waals surface area (Å²) in [6, 6.07) is -0.400. The van der Waals surface area contributed by atoms with Crippen LogP contribution in [-0.2, 0) is 4.79 Å². The lowest BCUT2D eigenvalue weighted by atomic mass is 10.1. The number of hydrogen-bond donors (Lipinski definition) is 3. The fraction of sp³-hybridized carbons (Fsp3) is 0.857. The fourth-order valence-electron chi connectivity index (χ4n) is 0.874. The molecule has 4 nitrogen and oxygen atoms in total. The van der Waals surface area contributed by atoms with Crippen LogP contribution in [0.15, 0.2) is 0 Å². The summed E-state index contributed by atoms with van der Waals surface area (Å²) in [4.78, 5) is 10.4. The van der Waals surface area contributed by atoms with Crippen molar-refractivity contribution in [3.05, 3.63) is 0 Å². The van der Waals surface area contributed by atoms with E-state index in [4.69, 9.17) is 5.11 Å². The van der Waals surface area contributed by atoms with Gasteiger partial charge in [-0.15, -0.1) is 0 Å². The quantitative estimate of drug-likeness (QED) is 0.465. The molecule has 11 heavy (non-hydrogen) atoms. The van der Waals surface area contributed by atoms with Gasteiger partial charge in [-0.1, -0.05) is 0 Å². The molecule has 0 aromatic heterocycles. The van der Waals surface area contributed by atoms with Crippen molar-refractivity contribution in [3.8, 4) is 0 Å². The second kappa shape index (κ2) is 6.12. The molecule has 66 valence electrons. The van der Waals surface area contributed by atoms with Crippen LogP contribution >= 0.6 is 0 Å². The molecular formula is C7H16N2O2. The highest BCUT2D eigenvalue weighted by Gasteiger charge is 2.12. The summed E-state index contributed by atoms with van der Waals surface area (Å²) in [5, 5.41) is 14.3. The summed E-state index contributed by atoms with van der Waals surface area (Å²) in [5.41, 5.74) is 0. The molecule has 0 spiro atoms. The highest BCUT2D eigenvalue weighted by molar-refractivity contribution is 5.73. The van der Waals surface area contributed by atoms with Crippen molar-refractivity contribution in [2.24, 2.45) is 0 Å². The molecule has 0 saturated carbocycles. The van der Waals surface area contributed by atoms with Crippen LogP contribution in [0.1, 0.15) is 12.8 Å². The largest absolute Gasteiger partial charge is 0.480 e. The zero-order valence-electron chi connectivity index (χ0n) is 7.05. The minimum Gasteiger partial charge on any atom is -0.480 e. The Balaban J connectivity index is 3.44. The molecule has 0 bridgehead atoms. The smallest absolute Gasteiger partial charge is 0.320 e. The SMILES string of the molecule is CNCCC[C@@H](NC)C(=O)O. The Bertz CT molecular complexity index is 117. The first-order chi connectivity index (χ1) is 5.22. The van der Waals surface area contributed by atoms with E-state index in [0.717, 1.165) is 13.0 Å². The van der Waals surface area contributed by atoms with Crippen molar-refractivity contribution in [3.63, 3.8) is 0 Å². The van der Waals surface area contributed by atoms with Crippen LogP contribution in [0.4, 0.5) is 0 Å². The van der Waals surface area contributed by atoms with Crippen LogP contribution in [0.5, 0.6) is 0 Å². The Hall–Kier alpha value is -0.610. The fourth-order valence-corrected chi connectivity index (χ4v) is 0.874. The number of hydrogen-bond acceptors (Lipinski definition) is 3. The van der Waals surface area contributed by atoms with Gasteiger partial charge in [0.2, 0.25) is 0 Å². The minimum absolute atomic E-state index is 0.400. The zero-order valence-corrected chi connectivity index (χ0v) is 7.05. The summed E-state index contributed by atoms with van der Waals surface area (Å²) >= 11 is 0. The molecule has 0 saturated heterocycles. The first kappa shape index (κ1) is 10.4. The molecule has 0 aliphatic carbocycles. The normalized spacial score (nSPS) is 12.9. The lowest BCUT2D eigenvalue weighted by Crippen LogP contribution is -2.34. The van der Waals surface area contributed by atoms with Gasteiger partial charge in [0.15, 0.2) is 0 Å². The molecule has 0 radical (unpaired) electrons. The Labute approximate surface area is 67.0 Å². The van der Waals surface area contributed by atoms with Gasteiger partial charge in [0, 0.05) is 0 Å². The molecule has 0 unspecified atom stereocenters. The maximum absolute atomic E-state index is 10.4. The highest BCUT2D eigenvalue weighted by Crippen LogP contribution is 1.95. The molecule has 0 rings (SSSR count). The third kappa shape index (κ3) is 4.75. The minimum atomic E-state index is -0.774. The van der Waals surface area contributed by atoms with E-state index in [1.54, 1.807) is 7.05 Å². The van der Waals surface area contributed by atoms with Crippen LogP contribution in [0.3, 0.4) is 0 Å². The number of aliphatic carboxylic acids is 1. The molecule has 0 aliphatic rings. The third-order valence-corrected chi connectivity index (χ3v) is 1.57. The van der Waals surface area contributed by atoms with Gasteiger partial charge in [-0.2, -0.15) is 0 Å². The number of carboxylic acid groups (broad SMARTS) is 1. The lowest BCUT2D eigenvalue weighted by Gasteiger charge is -2.09. The number of likely N-dealkylation sites (N-methyl/N-ethyl adjacent to an activating group) is 1. The van der Waals surface area contributed by atoms with Gasteiger partial charge in [-0.05, 0) is 33.5 Å². The molecule has 0 amide bonds. The van der Waals surface area contributed by atoms with Gasteiger partial charge in [-0.3, -0.25) is 4.79 Å². The predicted molar refractivity (Wildman–Crippen MR) is 43.6 cm³/mol. The van der Waals surface area contributed by atoms with Crippen molar-refractivity contribution >= 4 is 5.97 Å². The van der Waals surface area contributed by atoms with E-state index in [1.807, 2.05) is 7.05 Å². The van der Waals surface area contributed by atoms with Crippen LogP contribution < -0.4 is 10.6 Å². The summed E-state index contributed by atoms with van der Waals surface area (Å²) in [7, 11) is 3.52. The first-order valence-corrected chi connectivity index (χ1v) is 3.77. The Morgan fingerprint density at radius 3 is 2.55 bits per heavy atom. The maximum Gasteiger partial charge on any atom is 0.320 e. The van der Waals surface area contributed by atoms with Crippen LogP contribution in [0.25, 0.3) is 0 Å². The average Bonchev–Trinajstić information content (AvgIpc) is 1.97. The number of carbonyl (C=O) groups is 1. The van der Waals surface area contributed by atoms with Crippen LogP contribution in [0.2, 0.25) is 0 Å². The van der Waals surface area contributed by atoms with Crippen molar-refractivity contribution in [2.75, 3.05) is 20.6 Å². The predicted octanol–water partition coefficient (Wildman–Crippen LogP) is -0.341. The Morgan fingerprint density at radius 2 is 2.18 bits per heavy atom. The summed E-state index contributed by atoms with van der Waals surface area (Å²) in [6.07, 6.45) is 1.56. The first-order valence-electron chi connectivity index (χ1n) is 3.77. The maximum atomic E-state index is 10.4. The van der Waals surface area contributed by atoms with E-state index in [-0.39, 0.29) is 0 Å². The van der Waals surface area contributed by atoms with E-state index < -0.39 is 12.0 Å². The van der Waals surface area contributed by atoms with Crippen molar-refractivity contribution < 1.29 is 9.90 Å². The van der Waals surface area contributed by atoms with E-state index in [9.17, 15) is 4.79 Å². The lowest BCUT2D eigenvalue weighted by molar-refractivity contribution is -0.139. The summed E-state index contributed by atoms with van der Waals surface area (Å²) < 4.78 is 0. The molecular weight excluding hydrogens is 144 g/mol. The molecule has 0 aromatic carbocycles. The van der Waals surface area contributed by atoms with Gasteiger partial charge in [0.25, 0.3) is 0 Å². The van der Waals surface area contributed by atoms with E-state index in [2.05, 4.69) is 10.6 Å². The van der Waals surface area contributed by atoms with Crippen molar-refractivity contribution in [1.82, 2.24) is 10.6 Å². The molecule has 0 aromatic rings. The molecule has 0 fully saturated rings. The third-order valence-electron chi connectivity index (χ3n) is 1.57. The van der Waals surface area contributed by atoms with Crippen molar-refractivity contribution in [2.45, 2.75) is 18.9 Å². The second-order valence-corrected chi connectivity index (χ2v) is 2.43. The van der Waals surface area contributed by atoms with Gasteiger partial charge >= 0.3 is 5.97 Å². The van der Waals surface area contributed by atoms with Gasteiger partial charge in [0.05, 0.1) is 0 Å². The highest BCUT2D eigenvalue weighted by atomic mass is 16.4. The Morgan fingerprint density at radius 1 is 1.55 bits per heavy atom. The molecule has 4 heteroatoms. The number of nitrogens with one attached hydrogen (secondary N) is 2. The monoisotopic (exact) mass is 160 g/mol. The van der Waals surface area contributed by atoms with E-state index in [1.165, 1.54) is 0 Å². The van der Waals surface area contributed by atoms with E-state index >= 15 is 0 Å². The van der Waals surface area contributed by atoms with Gasteiger partial charge in [-0.25, -0.2) is 0 Å². The average molecular weight is 160 g/mol. The summed E-state index contributed by atoms with van der Waals surface area (Å²) in [5.74, 6) is -0.774. The van der Waals surface area contributed by atoms with Crippen molar-refractivity contribution in [1.29, 1.82) is 0 Å². The molecule has 3 N–H and O–H groups in total. The topological polar surface area (TPSA) is 61.4 Å². The molecule has 0 heterocycles.